The van der Waals surface area contributed by atoms with Crippen LogP contribution in [0.3, 0.4) is 0 Å². The summed E-state index contributed by atoms with van der Waals surface area (Å²) in [5.74, 6) is 0. The largest absolute Gasteiger partial charge is 1.00 e. The predicted molar refractivity (Wildman–Crippen MR) is 100 cm³/mol. The fourth-order valence-electron chi connectivity index (χ4n) is 2.44. The van der Waals surface area contributed by atoms with E-state index in [1.807, 2.05) is 12.1 Å². The number of hydrogen-bond acceptors (Lipinski definition) is 6. The molecule has 0 unspecified atom stereocenters. The van der Waals surface area contributed by atoms with Gasteiger partial charge in [0.2, 0.25) is 0 Å². The summed E-state index contributed by atoms with van der Waals surface area (Å²) in [6.45, 7) is 2.07. The molecule has 8 heteroatoms. The Balaban J connectivity index is 0.00000225. The van der Waals surface area contributed by atoms with E-state index >= 15 is 0 Å². The van der Waals surface area contributed by atoms with Gasteiger partial charge in [0.05, 0.1) is 9.77 Å². The molecule has 0 aliphatic carbocycles. The minimum atomic E-state index is -4.41. The summed E-state index contributed by atoms with van der Waals surface area (Å²) in [4.78, 5) is 0.945. The van der Waals surface area contributed by atoms with E-state index in [9.17, 15) is 13.0 Å². The predicted octanol–water partition coefficient (Wildman–Crippen LogP) is 2.01. The topological polar surface area (TPSA) is 57.2 Å². The van der Waals surface area contributed by atoms with E-state index in [-0.39, 0.29) is 34.5 Å². The van der Waals surface area contributed by atoms with Gasteiger partial charge in [-0.3, -0.25) is 0 Å². The average Bonchev–Trinajstić information content (AvgIpc) is 2.89. The smallest absolute Gasteiger partial charge is 0.744 e. The standard InChI is InChI=1S/C17H14O3S4.Na/c1-11-4-2-3-5-14(11)16-15(17(21)23-22-16)10-12-6-8-13(9-7-12)24(18,19)20;/h2-9H,10H2,1H3,(H,18,19,20);/q;+1/p-1. The Morgan fingerprint density at radius 1 is 1.04 bits per heavy atom. The first kappa shape index (κ1) is 20.9. The van der Waals surface area contributed by atoms with Crippen LogP contribution in [0.25, 0.3) is 10.4 Å². The molecule has 1 aromatic heterocycles. The summed E-state index contributed by atoms with van der Waals surface area (Å²) in [5.41, 5.74) is 4.36. The molecule has 0 radical (unpaired) electrons. The van der Waals surface area contributed by atoms with Gasteiger partial charge in [0.1, 0.15) is 13.9 Å². The Labute approximate surface area is 181 Å². The van der Waals surface area contributed by atoms with Crippen LogP contribution >= 0.6 is 32.9 Å². The van der Waals surface area contributed by atoms with Crippen LogP contribution in [-0.2, 0) is 16.5 Å². The van der Waals surface area contributed by atoms with Gasteiger partial charge >= 0.3 is 29.6 Å². The third kappa shape index (κ3) is 4.87. The molecule has 1 heterocycles. The van der Waals surface area contributed by atoms with Crippen molar-refractivity contribution in [3.8, 4) is 10.4 Å². The van der Waals surface area contributed by atoms with E-state index in [1.54, 1.807) is 32.8 Å². The molecule has 124 valence electrons. The van der Waals surface area contributed by atoms with Crippen LogP contribution in [0.2, 0.25) is 0 Å². The van der Waals surface area contributed by atoms with E-state index in [0.29, 0.717) is 6.42 Å². The molecule has 0 amide bonds. The molecule has 0 spiro atoms. The maximum absolute atomic E-state index is 11.0. The van der Waals surface area contributed by atoms with E-state index in [1.165, 1.54) is 23.3 Å². The molecule has 0 aliphatic rings. The van der Waals surface area contributed by atoms with Gasteiger partial charge in [-0.1, -0.05) is 69.3 Å². The molecule has 0 saturated heterocycles. The molecule has 2 aromatic carbocycles. The SMILES string of the molecule is Cc1ccccc1-c1ssc(=S)c1Cc1ccc(S(=O)(=O)[O-])cc1.[Na+]. The van der Waals surface area contributed by atoms with Gasteiger partial charge in [-0.2, -0.15) is 0 Å². The number of hydrogen-bond donors (Lipinski definition) is 0. The van der Waals surface area contributed by atoms with Crippen LogP contribution in [0.4, 0.5) is 0 Å². The summed E-state index contributed by atoms with van der Waals surface area (Å²) in [7, 11) is -1.18. The van der Waals surface area contributed by atoms with Crippen molar-refractivity contribution in [2.75, 3.05) is 0 Å². The van der Waals surface area contributed by atoms with Crippen molar-refractivity contribution in [2.45, 2.75) is 18.2 Å². The van der Waals surface area contributed by atoms with Crippen molar-refractivity contribution < 1.29 is 42.5 Å². The van der Waals surface area contributed by atoms with Gasteiger partial charge in [0.25, 0.3) is 0 Å². The van der Waals surface area contributed by atoms with Gasteiger partial charge in [-0.05, 0) is 35.7 Å². The first-order valence-electron chi connectivity index (χ1n) is 7.09. The summed E-state index contributed by atoms with van der Waals surface area (Å²) in [5, 5.41) is 0. The van der Waals surface area contributed by atoms with Crippen LogP contribution in [-0.4, -0.2) is 13.0 Å². The second kappa shape index (κ2) is 8.54. The van der Waals surface area contributed by atoms with Gasteiger partial charge < -0.3 is 4.55 Å². The summed E-state index contributed by atoms with van der Waals surface area (Å²) in [6, 6.07) is 14.2. The first-order valence-corrected chi connectivity index (χ1v) is 11.1. The Morgan fingerprint density at radius 2 is 1.68 bits per heavy atom. The molecule has 3 aromatic rings. The zero-order chi connectivity index (χ0) is 17.3. The average molecular weight is 417 g/mol. The molecular weight excluding hydrogens is 403 g/mol. The van der Waals surface area contributed by atoms with Crippen molar-refractivity contribution in [2.24, 2.45) is 0 Å². The molecule has 0 aliphatic heterocycles. The van der Waals surface area contributed by atoms with Crippen molar-refractivity contribution in [1.82, 2.24) is 0 Å². The molecule has 3 rings (SSSR count). The maximum Gasteiger partial charge on any atom is 1.00 e. The minimum Gasteiger partial charge on any atom is -0.744 e. The van der Waals surface area contributed by atoms with Gasteiger partial charge in [0, 0.05) is 12.0 Å². The van der Waals surface area contributed by atoms with E-state index in [2.05, 4.69) is 19.1 Å². The van der Waals surface area contributed by atoms with E-state index in [4.69, 9.17) is 12.2 Å². The molecule has 3 nitrogen and oxygen atoms in total. The van der Waals surface area contributed by atoms with E-state index in [0.717, 1.165) is 19.8 Å². The zero-order valence-electron chi connectivity index (χ0n) is 13.7. The van der Waals surface area contributed by atoms with Crippen molar-refractivity contribution in [3.63, 3.8) is 0 Å². The molecule has 0 fully saturated rings. The van der Waals surface area contributed by atoms with Crippen molar-refractivity contribution in [3.05, 3.63) is 69.0 Å². The van der Waals surface area contributed by atoms with Gasteiger partial charge in [-0.25, -0.2) is 8.42 Å². The normalized spacial score (nSPS) is 11.1. The molecular formula is C17H13NaO3S4. The van der Waals surface area contributed by atoms with Crippen LogP contribution < -0.4 is 29.6 Å². The maximum atomic E-state index is 11.0. The molecule has 0 N–H and O–H groups in total. The first-order chi connectivity index (χ1) is 11.4. The molecule has 25 heavy (non-hydrogen) atoms. The van der Waals surface area contributed by atoms with Crippen LogP contribution in [0.15, 0.2) is 53.4 Å². The van der Waals surface area contributed by atoms with Crippen LogP contribution in [0.1, 0.15) is 16.7 Å². The third-order valence-corrected chi connectivity index (χ3v) is 7.73. The Hall–Kier alpha value is -0.380. The quantitative estimate of drug-likeness (QED) is 0.283. The monoisotopic (exact) mass is 416 g/mol. The van der Waals surface area contributed by atoms with Crippen molar-refractivity contribution in [1.29, 1.82) is 0 Å². The molecule has 0 saturated carbocycles. The second-order valence-electron chi connectivity index (χ2n) is 5.35. The Bertz CT molecular complexity index is 1030. The van der Waals surface area contributed by atoms with Crippen LogP contribution in [0.5, 0.6) is 0 Å². The third-order valence-electron chi connectivity index (χ3n) is 3.70. The van der Waals surface area contributed by atoms with Crippen molar-refractivity contribution >= 4 is 43.0 Å². The van der Waals surface area contributed by atoms with Gasteiger partial charge in [-0.15, -0.1) is 0 Å². The summed E-state index contributed by atoms with van der Waals surface area (Å²) in [6.07, 6.45) is 0.613. The molecule has 0 atom stereocenters. The second-order valence-corrected chi connectivity index (χ2v) is 9.55. The number of benzene rings is 2. The van der Waals surface area contributed by atoms with Crippen LogP contribution in [0, 0.1) is 10.7 Å². The van der Waals surface area contributed by atoms with E-state index < -0.39 is 10.1 Å². The summed E-state index contributed by atoms with van der Waals surface area (Å²) < 4.78 is 33.9. The Kier molecular flexibility index (Phi) is 7.15. The summed E-state index contributed by atoms with van der Waals surface area (Å²) >= 11 is 5.48. The fraction of sp³-hybridized carbons (Fsp3) is 0.118. The minimum absolute atomic E-state index is 0. The number of aryl methyl sites for hydroxylation is 1. The number of rotatable bonds is 4. The van der Waals surface area contributed by atoms with Gasteiger partial charge in [0.15, 0.2) is 0 Å². The zero-order valence-corrected chi connectivity index (χ0v) is 18.9. The Morgan fingerprint density at radius 3 is 2.28 bits per heavy atom. The molecule has 0 bridgehead atoms. The fourth-order valence-corrected chi connectivity index (χ4v) is 5.89.